The highest BCUT2D eigenvalue weighted by Crippen LogP contribution is 2.40. The fraction of sp³-hybridized carbons (Fsp3) is 0.217. The Hall–Kier alpha value is -3.78. The molecule has 1 atom stereocenters. The molecule has 0 saturated carbocycles. The smallest absolute Gasteiger partial charge is 0.343 e. The number of aliphatic hydroxyl groups is 1. The van der Waals surface area contributed by atoms with Crippen LogP contribution in [0.1, 0.15) is 35.6 Å². The summed E-state index contributed by atoms with van der Waals surface area (Å²) in [5.41, 5.74) is 6.91. The number of fused-ring (bicyclic) bond motifs is 5. The standard InChI is InChI=1S/C23H19N3O5/c1-2-23(30)16-9-18-20-14(10-26(18)21(28)15(16)11-31-22(23)29)12(7-8-19(24)27)13-5-3-4-6-17(13)25-20/h3-9,30H,2,10-11H2,1H3,(H2,24,27)/b8-7+/t23-/m0/s1. The number of carbonyl (C=O) groups excluding carboxylic acids is 2. The van der Waals surface area contributed by atoms with E-state index in [1.54, 1.807) is 23.6 Å². The number of para-hydroxylation sites is 1. The van der Waals surface area contributed by atoms with Gasteiger partial charge in [0.15, 0.2) is 5.60 Å². The Labute approximate surface area is 176 Å². The molecule has 3 N–H and O–H groups in total. The summed E-state index contributed by atoms with van der Waals surface area (Å²) >= 11 is 0. The zero-order valence-corrected chi connectivity index (χ0v) is 16.7. The number of hydrogen-bond acceptors (Lipinski definition) is 6. The number of nitrogens with zero attached hydrogens (tertiary/aromatic N) is 2. The molecule has 156 valence electrons. The number of ether oxygens (including phenoxy) is 1. The lowest BCUT2D eigenvalue weighted by molar-refractivity contribution is -0.172. The molecule has 1 aromatic carbocycles. The fourth-order valence-corrected chi connectivity index (χ4v) is 4.42. The molecule has 0 fully saturated rings. The highest BCUT2D eigenvalue weighted by molar-refractivity contribution is 5.98. The number of amides is 1. The zero-order valence-electron chi connectivity index (χ0n) is 16.7. The predicted octanol–water partition coefficient (Wildman–Crippen LogP) is 1.58. The monoisotopic (exact) mass is 417 g/mol. The molecule has 0 radical (unpaired) electrons. The van der Waals surface area contributed by atoms with Crippen molar-refractivity contribution < 1.29 is 19.4 Å². The minimum Gasteiger partial charge on any atom is -0.458 e. The first-order valence-electron chi connectivity index (χ1n) is 9.91. The Morgan fingerprint density at radius 3 is 2.84 bits per heavy atom. The largest absolute Gasteiger partial charge is 0.458 e. The van der Waals surface area contributed by atoms with E-state index in [-0.39, 0.29) is 36.3 Å². The number of aromatic nitrogens is 2. The molecular weight excluding hydrogens is 398 g/mol. The maximum atomic E-state index is 13.3. The summed E-state index contributed by atoms with van der Waals surface area (Å²) in [6, 6.07) is 9.12. The number of benzene rings is 1. The minimum atomic E-state index is -1.88. The van der Waals surface area contributed by atoms with Gasteiger partial charge in [0.2, 0.25) is 5.91 Å². The Bertz CT molecular complexity index is 1390. The van der Waals surface area contributed by atoms with Crippen molar-refractivity contribution in [2.45, 2.75) is 32.1 Å². The highest BCUT2D eigenvalue weighted by Gasteiger charge is 2.45. The molecule has 2 aromatic heterocycles. The van der Waals surface area contributed by atoms with Crippen LogP contribution in [0.3, 0.4) is 0 Å². The average molecular weight is 417 g/mol. The summed E-state index contributed by atoms with van der Waals surface area (Å²) in [4.78, 5) is 41.7. The van der Waals surface area contributed by atoms with Crippen molar-refractivity contribution in [3.63, 3.8) is 0 Å². The molecule has 2 aliphatic heterocycles. The van der Waals surface area contributed by atoms with Gasteiger partial charge in [0.25, 0.3) is 5.56 Å². The van der Waals surface area contributed by atoms with Crippen LogP contribution in [0.15, 0.2) is 41.2 Å². The van der Waals surface area contributed by atoms with E-state index in [1.807, 2.05) is 24.3 Å². The summed E-state index contributed by atoms with van der Waals surface area (Å²) in [7, 11) is 0. The molecule has 0 saturated heterocycles. The molecule has 5 rings (SSSR count). The summed E-state index contributed by atoms with van der Waals surface area (Å²) < 4.78 is 6.66. The van der Waals surface area contributed by atoms with Crippen LogP contribution >= 0.6 is 0 Å². The molecule has 2 aliphatic rings. The van der Waals surface area contributed by atoms with Gasteiger partial charge in [0, 0.05) is 22.6 Å². The average Bonchev–Trinajstić information content (AvgIpc) is 3.13. The van der Waals surface area contributed by atoms with Gasteiger partial charge in [-0.1, -0.05) is 25.1 Å². The molecule has 4 heterocycles. The summed E-state index contributed by atoms with van der Waals surface area (Å²) in [6.45, 7) is 1.72. The fourth-order valence-electron chi connectivity index (χ4n) is 4.42. The summed E-state index contributed by atoms with van der Waals surface area (Å²) in [5, 5.41) is 11.8. The van der Waals surface area contributed by atoms with Crippen LogP contribution in [0.4, 0.5) is 0 Å². The topological polar surface area (TPSA) is 125 Å². The second kappa shape index (κ2) is 6.61. The van der Waals surface area contributed by atoms with E-state index in [1.165, 1.54) is 6.08 Å². The highest BCUT2D eigenvalue weighted by atomic mass is 16.6. The third-order valence-corrected chi connectivity index (χ3v) is 6.05. The number of pyridine rings is 2. The number of cyclic esters (lactones) is 1. The van der Waals surface area contributed by atoms with E-state index in [2.05, 4.69) is 0 Å². The van der Waals surface area contributed by atoms with Gasteiger partial charge in [-0.2, -0.15) is 0 Å². The quantitative estimate of drug-likeness (QED) is 0.385. The summed E-state index contributed by atoms with van der Waals surface area (Å²) in [6.07, 6.45) is 2.99. The van der Waals surface area contributed by atoms with Gasteiger partial charge in [-0.25, -0.2) is 9.78 Å². The number of esters is 1. The number of rotatable bonds is 3. The normalized spacial score (nSPS) is 19.2. The maximum absolute atomic E-state index is 13.3. The van der Waals surface area contributed by atoms with Crippen LogP contribution in [0.5, 0.6) is 0 Å². The van der Waals surface area contributed by atoms with Crippen LogP contribution in [0.2, 0.25) is 0 Å². The molecule has 1 amide bonds. The van der Waals surface area contributed by atoms with E-state index in [9.17, 15) is 19.5 Å². The van der Waals surface area contributed by atoms with Crippen LogP contribution in [-0.4, -0.2) is 26.5 Å². The van der Waals surface area contributed by atoms with Crippen molar-refractivity contribution in [2.75, 3.05) is 0 Å². The SMILES string of the molecule is CC[C@@]1(O)C(=O)OCc2c1cc1n(c2=O)Cc2c-1nc1ccccc1c2/C=C/C(N)=O. The second-order valence-electron chi connectivity index (χ2n) is 7.71. The molecule has 0 aliphatic carbocycles. The number of primary amides is 1. The van der Waals surface area contributed by atoms with Gasteiger partial charge in [-0.15, -0.1) is 0 Å². The van der Waals surface area contributed by atoms with E-state index in [0.29, 0.717) is 16.9 Å². The van der Waals surface area contributed by atoms with Crippen LogP contribution in [0, 0.1) is 0 Å². The van der Waals surface area contributed by atoms with Crippen LogP contribution in [-0.2, 0) is 33.1 Å². The lowest BCUT2D eigenvalue weighted by Gasteiger charge is -2.31. The molecule has 0 bridgehead atoms. The van der Waals surface area contributed by atoms with E-state index in [0.717, 1.165) is 16.5 Å². The van der Waals surface area contributed by atoms with Crippen LogP contribution in [0.25, 0.3) is 28.4 Å². The number of nitrogens with two attached hydrogens (primary N) is 1. The van der Waals surface area contributed by atoms with Gasteiger partial charge < -0.3 is 20.1 Å². The minimum absolute atomic E-state index is 0.0757. The second-order valence-corrected chi connectivity index (χ2v) is 7.71. The van der Waals surface area contributed by atoms with Crippen molar-refractivity contribution in [1.82, 2.24) is 9.55 Å². The molecular formula is C23H19N3O5. The Balaban J connectivity index is 1.83. The van der Waals surface area contributed by atoms with Crippen molar-refractivity contribution in [1.29, 1.82) is 0 Å². The van der Waals surface area contributed by atoms with E-state index in [4.69, 9.17) is 15.5 Å². The lowest BCUT2D eigenvalue weighted by atomic mass is 9.86. The van der Waals surface area contributed by atoms with Crippen molar-refractivity contribution in [3.8, 4) is 11.4 Å². The van der Waals surface area contributed by atoms with Gasteiger partial charge in [-0.3, -0.25) is 9.59 Å². The van der Waals surface area contributed by atoms with Gasteiger partial charge in [-0.05, 0) is 30.2 Å². The van der Waals surface area contributed by atoms with E-state index >= 15 is 0 Å². The number of carbonyl (C=O) groups is 2. The molecule has 0 spiro atoms. The van der Waals surface area contributed by atoms with Crippen LogP contribution < -0.4 is 11.3 Å². The molecule has 8 heteroatoms. The van der Waals surface area contributed by atoms with Crippen molar-refractivity contribution in [3.05, 3.63) is 69.0 Å². The third-order valence-electron chi connectivity index (χ3n) is 6.05. The predicted molar refractivity (Wildman–Crippen MR) is 113 cm³/mol. The first kappa shape index (κ1) is 19.2. The first-order valence-corrected chi connectivity index (χ1v) is 9.91. The summed E-state index contributed by atoms with van der Waals surface area (Å²) in [5.74, 6) is -1.34. The lowest BCUT2D eigenvalue weighted by Crippen LogP contribution is -2.44. The van der Waals surface area contributed by atoms with Crippen molar-refractivity contribution >= 4 is 28.9 Å². The van der Waals surface area contributed by atoms with E-state index < -0.39 is 17.5 Å². The Kier molecular flexibility index (Phi) is 4.10. The zero-order chi connectivity index (χ0) is 21.9. The van der Waals surface area contributed by atoms with Gasteiger partial charge in [0.05, 0.1) is 29.0 Å². The molecule has 3 aromatic rings. The molecule has 0 unspecified atom stereocenters. The molecule has 8 nitrogen and oxygen atoms in total. The van der Waals surface area contributed by atoms with Crippen molar-refractivity contribution in [2.24, 2.45) is 5.73 Å². The Morgan fingerprint density at radius 1 is 1.32 bits per heavy atom. The maximum Gasteiger partial charge on any atom is 0.343 e. The third kappa shape index (κ3) is 2.65. The number of hydrogen-bond donors (Lipinski definition) is 2. The first-order chi connectivity index (χ1) is 14.8. The van der Waals surface area contributed by atoms with Gasteiger partial charge in [0.1, 0.15) is 6.61 Å². The Morgan fingerprint density at radius 2 is 2.10 bits per heavy atom. The van der Waals surface area contributed by atoms with Gasteiger partial charge >= 0.3 is 5.97 Å². The molecule has 31 heavy (non-hydrogen) atoms.